The highest BCUT2D eigenvalue weighted by molar-refractivity contribution is 7.84. The quantitative estimate of drug-likeness (QED) is 0.0914. The van der Waals surface area contributed by atoms with Gasteiger partial charge in [0.2, 0.25) is 11.9 Å². The maximum atomic E-state index is 15.5. The molecule has 5 aromatic rings. The number of alkyl halides is 1. The molecular formula is C30H33FN12O10S. The number of imidazole rings is 1. The van der Waals surface area contributed by atoms with Crippen molar-refractivity contribution in [3.05, 3.63) is 58.9 Å². The SMILES string of the molecule is CC(C)C(=O)Nc1nc2c(nnn2[C@H]2C[C@H](OS(=O)(=O)NC[C@H]3O[C@@H](n4cnc5c(NC(=O)c6ccccc6)ncnc54)[C@H](F)[C@@H]3O)[C@@H](CO)O2)c(=O)[nH]1. The number of aromatic amines is 1. The van der Waals surface area contributed by atoms with Gasteiger partial charge >= 0.3 is 10.3 Å². The van der Waals surface area contributed by atoms with E-state index in [1.165, 1.54) is 10.9 Å². The topological polar surface area (TPSA) is 293 Å². The van der Waals surface area contributed by atoms with Crippen LogP contribution in [0.5, 0.6) is 0 Å². The van der Waals surface area contributed by atoms with Gasteiger partial charge in [-0.05, 0) is 12.1 Å². The number of aliphatic hydroxyl groups excluding tert-OH is 2. The molecule has 0 bridgehead atoms. The number of carbonyl (C=O) groups is 2. The molecule has 2 saturated heterocycles. The Morgan fingerprint density at radius 2 is 1.87 bits per heavy atom. The lowest BCUT2D eigenvalue weighted by molar-refractivity contribution is -0.118. The fourth-order valence-corrected chi connectivity index (χ4v) is 6.81. The molecular weight excluding hydrogens is 739 g/mol. The van der Waals surface area contributed by atoms with E-state index in [2.05, 4.69) is 50.6 Å². The number of H-pyrrole nitrogens is 1. The monoisotopic (exact) mass is 772 g/mol. The summed E-state index contributed by atoms with van der Waals surface area (Å²) in [7, 11) is -4.65. The maximum absolute atomic E-state index is 15.5. The van der Waals surface area contributed by atoms with Crippen LogP contribution in [-0.2, 0) is 28.8 Å². The van der Waals surface area contributed by atoms with E-state index < -0.39 is 89.8 Å². The summed E-state index contributed by atoms with van der Waals surface area (Å²) >= 11 is 0. The highest BCUT2D eigenvalue weighted by Gasteiger charge is 2.47. The molecule has 1 aromatic carbocycles. The molecule has 2 amide bonds. The molecule has 2 aliphatic rings. The second-order valence-corrected chi connectivity index (χ2v) is 14.0. The third-order valence-corrected chi connectivity index (χ3v) is 9.66. The molecule has 4 aromatic heterocycles. The second kappa shape index (κ2) is 14.8. The number of hydrogen-bond donors (Lipinski definition) is 6. The molecule has 286 valence electrons. The molecule has 54 heavy (non-hydrogen) atoms. The van der Waals surface area contributed by atoms with E-state index in [-0.39, 0.29) is 40.5 Å². The summed E-state index contributed by atoms with van der Waals surface area (Å²) in [6.07, 6.45) is -8.24. The van der Waals surface area contributed by atoms with E-state index in [9.17, 15) is 33.0 Å². The van der Waals surface area contributed by atoms with E-state index in [1.807, 2.05) is 0 Å². The van der Waals surface area contributed by atoms with Gasteiger partial charge < -0.3 is 25.0 Å². The summed E-state index contributed by atoms with van der Waals surface area (Å²) in [5.74, 6) is -1.44. The molecule has 7 rings (SSSR count). The number of hydrogen-bond acceptors (Lipinski definition) is 16. The van der Waals surface area contributed by atoms with Gasteiger partial charge in [0.1, 0.15) is 30.7 Å². The maximum Gasteiger partial charge on any atom is 0.336 e. The van der Waals surface area contributed by atoms with Gasteiger partial charge in [0.15, 0.2) is 46.8 Å². The molecule has 2 fully saturated rings. The predicted octanol–water partition coefficient (Wildman–Crippen LogP) is -0.703. The molecule has 0 unspecified atom stereocenters. The molecule has 7 atom stereocenters. The smallest absolute Gasteiger partial charge is 0.336 e. The van der Waals surface area contributed by atoms with Crippen molar-refractivity contribution in [3.63, 3.8) is 0 Å². The molecule has 0 saturated carbocycles. The van der Waals surface area contributed by atoms with Crippen LogP contribution in [0, 0.1) is 5.92 Å². The molecule has 0 radical (unpaired) electrons. The molecule has 0 spiro atoms. The number of halogens is 1. The number of benzene rings is 1. The number of ether oxygens (including phenoxy) is 2. The summed E-state index contributed by atoms with van der Waals surface area (Å²) in [5.41, 5.74) is -0.443. The summed E-state index contributed by atoms with van der Waals surface area (Å²) in [4.78, 5) is 56.4. The summed E-state index contributed by atoms with van der Waals surface area (Å²) in [6, 6.07) is 8.34. The minimum atomic E-state index is -4.65. The van der Waals surface area contributed by atoms with Crippen LogP contribution in [0.2, 0.25) is 0 Å². The van der Waals surface area contributed by atoms with Crippen LogP contribution < -0.4 is 20.9 Å². The summed E-state index contributed by atoms with van der Waals surface area (Å²) in [6.45, 7) is 1.98. The number of rotatable bonds is 12. The van der Waals surface area contributed by atoms with Gasteiger partial charge in [0, 0.05) is 24.4 Å². The van der Waals surface area contributed by atoms with Gasteiger partial charge in [-0.3, -0.25) is 33.4 Å². The number of aromatic nitrogens is 9. The molecule has 6 heterocycles. The largest absolute Gasteiger partial charge is 0.394 e. The van der Waals surface area contributed by atoms with Crippen molar-refractivity contribution in [3.8, 4) is 0 Å². The minimum absolute atomic E-state index is 0.0455. The molecule has 24 heteroatoms. The summed E-state index contributed by atoms with van der Waals surface area (Å²) < 4.78 is 62.8. The first-order chi connectivity index (χ1) is 25.8. The zero-order valence-corrected chi connectivity index (χ0v) is 29.1. The van der Waals surface area contributed by atoms with Crippen molar-refractivity contribution in [1.82, 2.24) is 49.2 Å². The lowest BCUT2D eigenvalue weighted by Gasteiger charge is -2.19. The molecule has 2 aliphatic heterocycles. The summed E-state index contributed by atoms with van der Waals surface area (Å²) in [5, 5.41) is 33.5. The van der Waals surface area contributed by atoms with E-state index in [0.717, 1.165) is 11.0 Å². The van der Waals surface area contributed by atoms with Gasteiger partial charge in [-0.1, -0.05) is 37.3 Å². The van der Waals surface area contributed by atoms with Crippen LogP contribution in [0.25, 0.3) is 22.3 Å². The standard InChI is InChI=1S/C30H33FN12O10S/c1-13(2)26(46)38-30-37-25-21(28(48)39-30)40-41-43(25)18-8-15(17(10-44)51-18)53-54(49,50)35-9-16-22(45)19(31)29(52-16)42-12-34-20-23(32-11-33-24(20)42)36-27(47)14-6-4-3-5-7-14/h3-7,11-13,15-19,22,29,35,44-45H,8-10H2,1-2H3,(H,32,33,36,47)(H2,37,38,39,46,48)/t15-,16+,17+,18+,19+,22+,29+/m0/s1. The number of amides is 2. The number of nitrogens with one attached hydrogen (secondary N) is 4. The van der Waals surface area contributed by atoms with Gasteiger partial charge in [-0.2, -0.15) is 22.8 Å². The average molecular weight is 773 g/mol. The fraction of sp³-hybridized carbons (Fsp3) is 0.433. The zero-order valence-electron chi connectivity index (χ0n) is 28.3. The first-order valence-corrected chi connectivity index (χ1v) is 17.9. The molecule has 6 N–H and O–H groups in total. The van der Waals surface area contributed by atoms with Crippen molar-refractivity contribution in [2.45, 2.75) is 63.3 Å². The lowest BCUT2D eigenvalue weighted by Crippen LogP contribution is -2.41. The normalized spacial score (nSPS) is 24.4. The highest BCUT2D eigenvalue weighted by atomic mass is 32.2. The van der Waals surface area contributed by atoms with E-state index in [4.69, 9.17) is 13.7 Å². The van der Waals surface area contributed by atoms with Crippen LogP contribution in [0.4, 0.5) is 16.2 Å². The Morgan fingerprint density at radius 3 is 2.61 bits per heavy atom. The number of carbonyl (C=O) groups excluding carboxylic acids is 2. The van der Waals surface area contributed by atoms with E-state index in [0.29, 0.717) is 5.56 Å². The Labute approximate surface area is 303 Å². The van der Waals surface area contributed by atoms with Crippen molar-refractivity contribution in [1.29, 1.82) is 0 Å². The predicted molar refractivity (Wildman–Crippen MR) is 181 cm³/mol. The number of aliphatic hydroxyl groups is 2. The third kappa shape index (κ3) is 7.26. The molecule has 22 nitrogen and oxygen atoms in total. The Balaban J connectivity index is 1.01. The van der Waals surface area contributed by atoms with Gasteiger partial charge in [-0.25, -0.2) is 19.3 Å². The number of nitrogens with zero attached hydrogens (tertiary/aromatic N) is 8. The van der Waals surface area contributed by atoms with Crippen LogP contribution in [0.3, 0.4) is 0 Å². The van der Waals surface area contributed by atoms with Gasteiger partial charge in [0.25, 0.3) is 11.5 Å². The molecule has 0 aliphatic carbocycles. The second-order valence-electron chi connectivity index (χ2n) is 12.6. The van der Waals surface area contributed by atoms with Crippen molar-refractivity contribution >= 4 is 56.2 Å². The van der Waals surface area contributed by atoms with Crippen LogP contribution in [0.15, 0.2) is 47.8 Å². The Hall–Kier alpha value is -5.37. The number of anilines is 2. The van der Waals surface area contributed by atoms with Crippen molar-refractivity contribution in [2.24, 2.45) is 5.92 Å². The van der Waals surface area contributed by atoms with E-state index >= 15 is 4.39 Å². The minimum Gasteiger partial charge on any atom is -0.394 e. The van der Waals surface area contributed by atoms with E-state index in [1.54, 1.807) is 44.2 Å². The number of fused-ring (bicyclic) bond motifs is 2. The van der Waals surface area contributed by atoms with Crippen molar-refractivity contribution < 1.29 is 46.3 Å². The Bertz CT molecular complexity index is 2360. The Morgan fingerprint density at radius 1 is 1.09 bits per heavy atom. The Kier molecular flexibility index (Phi) is 10.1. The van der Waals surface area contributed by atoms with Crippen LogP contribution in [-0.4, -0.2) is 119 Å². The first-order valence-electron chi connectivity index (χ1n) is 16.4. The van der Waals surface area contributed by atoms with Crippen molar-refractivity contribution in [2.75, 3.05) is 23.8 Å². The highest BCUT2D eigenvalue weighted by Crippen LogP contribution is 2.35. The van der Waals surface area contributed by atoms with Crippen LogP contribution >= 0.6 is 0 Å². The van der Waals surface area contributed by atoms with Gasteiger partial charge in [-0.15, -0.1) is 5.10 Å². The lowest BCUT2D eigenvalue weighted by atomic mass is 10.1. The first kappa shape index (κ1) is 37.0. The fourth-order valence-electron chi connectivity index (χ4n) is 5.85. The zero-order chi connectivity index (χ0) is 38.3. The average Bonchev–Trinajstić information content (AvgIpc) is 3.93. The van der Waals surface area contributed by atoms with Crippen LogP contribution in [0.1, 0.15) is 43.1 Å². The van der Waals surface area contributed by atoms with Gasteiger partial charge in [0.05, 0.1) is 12.9 Å². The third-order valence-electron chi connectivity index (χ3n) is 8.64.